The third kappa shape index (κ3) is 2.73. The summed E-state index contributed by atoms with van der Waals surface area (Å²) in [5.41, 5.74) is 0.302. The minimum Gasteiger partial charge on any atom is -0.378 e. The van der Waals surface area contributed by atoms with Crippen molar-refractivity contribution in [2.24, 2.45) is 14.1 Å². The van der Waals surface area contributed by atoms with E-state index in [-0.39, 0.29) is 17.8 Å². The number of hydrogen-bond donors (Lipinski definition) is 1. The Hall–Kier alpha value is -1.72. The highest BCUT2D eigenvalue weighted by Crippen LogP contribution is 2.29. The molecule has 5 nitrogen and oxygen atoms in total. The van der Waals surface area contributed by atoms with Gasteiger partial charge in [0, 0.05) is 26.8 Å². The maximum atomic E-state index is 12.0. The van der Waals surface area contributed by atoms with Crippen molar-refractivity contribution in [2.75, 3.05) is 5.32 Å². The summed E-state index contributed by atoms with van der Waals surface area (Å²) in [6.07, 6.45) is 1.50. The molecular formula is C13H13Cl2N3O2. The molecule has 1 aromatic carbocycles. The molecule has 20 heavy (non-hydrogen) atoms. The number of benzene rings is 1. The summed E-state index contributed by atoms with van der Waals surface area (Å²) >= 11 is 12.1. The van der Waals surface area contributed by atoms with Crippen molar-refractivity contribution >= 4 is 28.9 Å². The molecule has 2 aromatic rings. The number of hydrogen-bond acceptors (Lipinski definition) is 3. The predicted molar refractivity (Wildman–Crippen MR) is 80.7 cm³/mol. The van der Waals surface area contributed by atoms with Gasteiger partial charge in [-0.2, -0.15) is 0 Å². The van der Waals surface area contributed by atoms with Gasteiger partial charge in [0.1, 0.15) is 0 Å². The van der Waals surface area contributed by atoms with E-state index >= 15 is 0 Å². The average molecular weight is 314 g/mol. The number of nitrogens with zero attached hydrogens (tertiary/aromatic N) is 2. The molecule has 0 amide bonds. The summed E-state index contributed by atoms with van der Waals surface area (Å²) in [4.78, 5) is 23.6. The monoisotopic (exact) mass is 313 g/mol. The van der Waals surface area contributed by atoms with Gasteiger partial charge in [0.25, 0.3) is 5.56 Å². The lowest BCUT2D eigenvalue weighted by molar-refractivity contribution is 0.671. The van der Waals surface area contributed by atoms with Crippen LogP contribution in [0.2, 0.25) is 10.0 Å². The van der Waals surface area contributed by atoms with Gasteiger partial charge < -0.3 is 9.88 Å². The number of rotatable bonds is 3. The summed E-state index contributed by atoms with van der Waals surface area (Å²) < 4.78 is 2.41. The Morgan fingerprint density at radius 1 is 1.15 bits per heavy atom. The van der Waals surface area contributed by atoms with Gasteiger partial charge in [-0.05, 0) is 12.1 Å². The predicted octanol–water partition coefficient (Wildman–Crippen LogP) is 2.00. The van der Waals surface area contributed by atoms with E-state index in [1.165, 1.54) is 17.8 Å². The molecule has 0 aliphatic heterocycles. The van der Waals surface area contributed by atoms with E-state index < -0.39 is 0 Å². The van der Waals surface area contributed by atoms with Crippen LogP contribution in [0.15, 0.2) is 34.0 Å². The van der Waals surface area contributed by atoms with Gasteiger partial charge >= 0.3 is 5.69 Å². The van der Waals surface area contributed by atoms with Crippen LogP contribution in [0.25, 0.3) is 0 Å². The molecule has 0 atom stereocenters. The van der Waals surface area contributed by atoms with Gasteiger partial charge in [0.05, 0.1) is 21.3 Å². The molecule has 0 aliphatic rings. The van der Waals surface area contributed by atoms with Crippen LogP contribution in [-0.4, -0.2) is 9.13 Å². The fourth-order valence-electron chi connectivity index (χ4n) is 1.85. The summed E-state index contributed by atoms with van der Waals surface area (Å²) in [6, 6.07) is 5.14. The number of para-hydroxylation sites is 1. The van der Waals surface area contributed by atoms with Crippen molar-refractivity contribution in [3.8, 4) is 0 Å². The van der Waals surface area contributed by atoms with Crippen molar-refractivity contribution in [3.63, 3.8) is 0 Å². The molecule has 106 valence electrons. The summed E-state index contributed by atoms with van der Waals surface area (Å²) in [5.74, 6) is 0. The normalized spacial score (nSPS) is 10.6. The summed E-state index contributed by atoms with van der Waals surface area (Å²) in [7, 11) is 3.03. The van der Waals surface area contributed by atoms with E-state index in [2.05, 4.69) is 5.32 Å². The van der Waals surface area contributed by atoms with E-state index in [1.807, 2.05) is 0 Å². The number of anilines is 1. The van der Waals surface area contributed by atoms with Gasteiger partial charge in [0.2, 0.25) is 0 Å². The van der Waals surface area contributed by atoms with Gasteiger partial charge in [0.15, 0.2) is 0 Å². The molecule has 0 spiro atoms. The molecule has 2 rings (SSSR count). The Balaban J connectivity index is 2.33. The average Bonchev–Trinajstić information content (AvgIpc) is 2.41. The van der Waals surface area contributed by atoms with Crippen LogP contribution in [0.3, 0.4) is 0 Å². The van der Waals surface area contributed by atoms with E-state index in [9.17, 15) is 9.59 Å². The van der Waals surface area contributed by atoms with Gasteiger partial charge in [-0.15, -0.1) is 0 Å². The SMILES string of the molecule is Cn1cc(CNc2c(Cl)cccc2Cl)c(=O)n(C)c1=O. The van der Waals surface area contributed by atoms with Crippen molar-refractivity contribution < 1.29 is 0 Å². The Kier molecular flexibility index (Phi) is 4.20. The Morgan fingerprint density at radius 2 is 1.75 bits per heavy atom. The second kappa shape index (κ2) is 5.73. The molecule has 1 aromatic heterocycles. The molecule has 1 N–H and O–H groups in total. The van der Waals surface area contributed by atoms with E-state index in [0.29, 0.717) is 21.3 Å². The van der Waals surface area contributed by atoms with E-state index in [4.69, 9.17) is 23.2 Å². The second-order valence-corrected chi connectivity index (χ2v) is 5.18. The van der Waals surface area contributed by atoms with Crippen LogP contribution < -0.4 is 16.6 Å². The van der Waals surface area contributed by atoms with Crippen LogP contribution in [-0.2, 0) is 20.6 Å². The zero-order valence-corrected chi connectivity index (χ0v) is 12.5. The summed E-state index contributed by atoms with van der Waals surface area (Å²) in [5, 5.41) is 3.96. The maximum absolute atomic E-state index is 12.0. The fraction of sp³-hybridized carbons (Fsp3) is 0.231. The molecule has 0 saturated heterocycles. The molecule has 0 unspecified atom stereocenters. The first-order valence-electron chi connectivity index (χ1n) is 5.85. The summed E-state index contributed by atoms with van der Waals surface area (Å²) in [6.45, 7) is 0.226. The lowest BCUT2D eigenvalue weighted by atomic mass is 10.3. The first-order valence-corrected chi connectivity index (χ1v) is 6.61. The highest BCUT2D eigenvalue weighted by atomic mass is 35.5. The van der Waals surface area contributed by atoms with Crippen molar-refractivity contribution in [1.82, 2.24) is 9.13 Å². The largest absolute Gasteiger partial charge is 0.378 e. The Bertz CT molecular complexity index is 745. The minimum absolute atomic E-state index is 0.226. The third-order valence-corrected chi connectivity index (χ3v) is 3.57. The number of aromatic nitrogens is 2. The van der Waals surface area contributed by atoms with E-state index in [1.54, 1.807) is 25.2 Å². The number of aryl methyl sites for hydroxylation is 1. The molecule has 0 bridgehead atoms. The zero-order valence-electron chi connectivity index (χ0n) is 11.0. The second-order valence-electron chi connectivity index (χ2n) is 4.36. The molecule has 7 heteroatoms. The third-order valence-electron chi connectivity index (χ3n) is 2.94. The van der Waals surface area contributed by atoms with Crippen molar-refractivity contribution in [3.05, 3.63) is 60.8 Å². The topological polar surface area (TPSA) is 56.0 Å². The van der Waals surface area contributed by atoms with Gasteiger partial charge in [-0.25, -0.2) is 4.79 Å². The van der Waals surface area contributed by atoms with Crippen LogP contribution in [0.5, 0.6) is 0 Å². The number of nitrogens with one attached hydrogen (secondary N) is 1. The van der Waals surface area contributed by atoms with Crippen LogP contribution in [0.4, 0.5) is 5.69 Å². The van der Waals surface area contributed by atoms with Crippen molar-refractivity contribution in [2.45, 2.75) is 6.54 Å². The fourth-order valence-corrected chi connectivity index (χ4v) is 2.39. The molecule has 0 radical (unpaired) electrons. The van der Waals surface area contributed by atoms with E-state index in [0.717, 1.165) is 4.57 Å². The molecule has 0 saturated carbocycles. The minimum atomic E-state index is -0.366. The van der Waals surface area contributed by atoms with Gasteiger partial charge in [-0.1, -0.05) is 29.3 Å². The lowest BCUT2D eigenvalue weighted by Crippen LogP contribution is -2.38. The maximum Gasteiger partial charge on any atom is 0.330 e. The quantitative estimate of drug-likeness (QED) is 0.943. The van der Waals surface area contributed by atoms with Gasteiger partial charge in [-0.3, -0.25) is 9.36 Å². The highest BCUT2D eigenvalue weighted by molar-refractivity contribution is 6.39. The van der Waals surface area contributed by atoms with Crippen molar-refractivity contribution in [1.29, 1.82) is 0 Å². The van der Waals surface area contributed by atoms with Crippen LogP contribution >= 0.6 is 23.2 Å². The first-order chi connectivity index (χ1) is 9.41. The Morgan fingerprint density at radius 3 is 2.35 bits per heavy atom. The zero-order chi connectivity index (χ0) is 14.9. The van der Waals surface area contributed by atoms with Crippen LogP contribution in [0, 0.1) is 0 Å². The molecule has 1 heterocycles. The standard InChI is InChI=1S/C13H13Cl2N3O2/c1-17-7-8(12(19)18(2)13(17)20)6-16-11-9(14)4-3-5-10(11)15/h3-5,7,16H,6H2,1-2H3. The number of halogens is 2. The first kappa shape index (κ1) is 14.7. The molecular weight excluding hydrogens is 301 g/mol. The van der Waals surface area contributed by atoms with Crippen LogP contribution in [0.1, 0.15) is 5.56 Å². The highest BCUT2D eigenvalue weighted by Gasteiger charge is 2.09. The molecule has 0 fully saturated rings. The smallest absolute Gasteiger partial charge is 0.330 e. The lowest BCUT2D eigenvalue weighted by Gasteiger charge is -2.11. The Labute approximate surface area is 125 Å². The molecule has 0 aliphatic carbocycles.